The molecule has 1 heterocycles. The monoisotopic (exact) mass is 157 g/mol. The van der Waals surface area contributed by atoms with E-state index in [0.29, 0.717) is 11.7 Å². The summed E-state index contributed by atoms with van der Waals surface area (Å²) in [4.78, 5) is 1.50. The highest BCUT2D eigenvalue weighted by atomic mass is 35.5. The molecular weight excluding hydrogens is 150 g/mol. The maximum absolute atomic E-state index is 5.64. The van der Waals surface area contributed by atoms with Crippen molar-refractivity contribution >= 4 is 11.6 Å². The molecule has 0 aliphatic heterocycles. The molecule has 0 N–H and O–H groups in total. The van der Waals surface area contributed by atoms with E-state index in [1.807, 2.05) is 6.92 Å². The smallest absolute Gasteiger partial charge is 0.174 e. The molecule has 54 valence electrons. The summed E-state index contributed by atoms with van der Waals surface area (Å²) in [6.07, 6.45) is 1.72. The predicted molar refractivity (Wildman–Crippen MR) is 40.0 cm³/mol. The molecule has 0 bridgehead atoms. The van der Waals surface area contributed by atoms with E-state index in [1.165, 1.54) is 4.80 Å². The third-order valence-corrected chi connectivity index (χ3v) is 1.41. The summed E-state index contributed by atoms with van der Waals surface area (Å²) in [6.45, 7) is 5.97. The van der Waals surface area contributed by atoms with Crippen LogP contribution in [0.25, 0.3) is 0 Å². The molecule has 0 unspecified atom stereocenters. The van der Waals surface area contributed by atoms with E-state index in [1.54, 1.807) is 6.08 Å². The van der Waals surface area contributed by atoms with Gasteiger partial charge in [0.2, 0.25) is 0 Å². The Morgan fingerprint density at radius 1 is 1.70 bits per heavy atom. The Balaban J connectivity index is 2.86. The van der Waals surface area contributed by atoms with E-state index in [9.17, 15) is 0 Å². The minimum atomic E-state index is 0.460. The van der Waals surface area contributed by atoms with Gasteiger partial charge >= 0.3 is 0 Å². The SMILES string of the molecule is C=CCn1nc(C)c(Cl)n1. The van der Waals surface area contributed by atoms with Gasteiger partial charge in [-0.3, -0.25) is 0 Å². The van der Waals surface area contributed by atoms with E-state index in [2.05, 4.69) is 16.8 Å². The van der Waals surface area contributed by atoms with Crippen molar-refractivity contribution < 1.29 is 0 Å². The fourth-order valence-corrected chi connectivity index (χ4v) is 0.733. The average molecular weight is 158 g/mol. The molecule has 1 rings (SSSR count). The molecule has 4 heteroatoms. The summed E-state index contributed by atoms with van der Waals surface area (Å²) in [5.41, 5.74) is 0.753. The van der Waals surface area contributed by atoms with Crippen LogP contribution in [0.5, 0.6) is 0 Å². The molecule has 0 aromatic carbocycles. The number of allylic oxidation sites excluding steroid dienone is 1. The molecule has 0 aliphatic rings. The zero-order valence-electron chi connectivity index (χ0n) is 5.71. The Hall–Kier alpha value is -0.830. The van der Waals surface area contributed by atoms with Gasteiger partial charge in [0.15, 0.2) is 5.15 Å². The van der Waals surface area contributed by atoms with Gasteiger partial charge < -0.3 is 0 Å². The Kier molecular flexibility index (Phi) is 2.06. The van der Waals surface area contributed by atoms with Gasteiger partial charge in [-0.15, -0.1) is 11.7 Å². The van der Waals surface area contributed by atoms with Gasteiger partial charge in [-0.05, 0) is 6.92 Å². The lowest BCUT2D eigenvalue weighted by Gasteiger charge is -1.88. The van der Waals surface area contributed by atoms with Gasteiger partial charge in [-0.1, -0.05) is 17.7 Å². The fraction of sp³-hybridized carbons (Fsp3) is 0.333. The first-order valence-electron chi connectivity index (χ1n) is 2.92. The van der Waals surface area contributed by atoms with Crippen molar-refractivity contribution in [2.45, 2.75) is 13.5 Å². The molecule has 0 aliphatic carbocycles. The zero-order chi connectivity index (χ0) is 7.56. The molecule has 0 saturated carbocycles. The molecular formula is C6H8ClN3. The first-order valence-corrected chi connectivity index (χ1v) is 3.30. The lowest BCUT2D eigenvalue weighted by molar-refractivity contribution is 0.599. The molecule has 0 radical (unpaired) electrons. The topological polar surface area (TPSA) is 30.7 Å². The molecule has 0 amide bonds. The number of nitrogens with zero attached hydrogens (tertiary/aromatic N) is 3. The van der Waals surface area contributed by atoms with Crippen molar-refractivity contribution in [2.75, 3.05) is 0 Å². The summed E-state index contributed by atoms with van der Waals surface area (Å²) < 4.78 is 0. The van der Waals surface area contributed by atoms with Crippen LogP contribution in [0.1, 0.15) is 5.69 Å². The summed E-state index contributed by atoms with van der Waals surface area (Å²) in [6, 6.07) is 0. The lowest BCUT2D eigenvalue weighted by atomic mass is 10.6. The average Bonchev–Trinajstić information content (AvgIpc) is 2.14. The van der Waals surface area contributed by atoms with E-state index in [-0.39, 0.29) is 0 Å². The zero-order valence-corrected chi connectivity index (χ0v) is 6.47. The van der Waals surface area contributed by atoms with Crippen molar-refractivity contribution in [3.63, 3.8) is 0 Å². The Morgan fingerprint density at radius 3 is 2.80 bits per heavy atom. The van der Waals surface area contributed by atoms with Gasteiger partial charge in [0, 0.05) is 0 Å². The van der Waals surface area contributed by atoms with Crippen LogP contribution in [-0.4, -0.2) is 15.0 Å². The minimum absolute atomic E-state index is 0.460. The second kappa shape index (κ2) is 2.84. The highest BCUT2D eigenvalue weighted by molar-refractivity contribution is 6.29. The number of aryl methyl sites for hydroxylation is 1. The quantitative estimate of drug-likeness (QED) is 0.608. The Labute approximate surface area is 64.3 Å². The molecule has 0 atom stereocenters. The summed E-state index contributed by atoms with van der Waals surface area (Å²) >= 11 is 5.64. The maximum atomic E-state index is 5.64. The number of hydrogen-bond acceptors (Lipinski definition) is 2. The Morgan fingerprint density at radius 2 is 2.40 bits per heavy atom. The van der Waals surface area contributed by atoms with Crippen LogP contribution in [0.2, 0.25) is 5.15 Å². The van der Waals surface area contributed by atoms with Crippen LogP contribution in [0.15, 0.2) is 12.7 Å². The summed E-state index contributed by atoms with van der Waals surface area (Å²) in [5, 5.41) is 8.36. The van der Waals surface area contributed by atoms with Crippen molar-refractivity contribution in [3.05, 3.63) is 23.5 Å². The number of halogens is 1. The number of hydrogen-bond donors (Lipinski definition) is 0. The molecule has 0 saturated heterocycles. The van der Waals surface area contributed by atoms with Crippen LogP contribution < -0.4 is 0 Å². The van der Waals surface area contributed by atoms with Gasteiger partial charge in [0.25, 0.3) is 0 Å². The number of rotatable bonds is 2. The van der Waals surface area contributed by atoms with Gasteiger partial charge in [0.1, 0.15) is 0 Å². The third kappa shape index (κ3) is 1.36. The predicted octanol–water partition coefficient (Wildman–Crippen LogP) is 1.43. The minimum Gasteiger partial charge on any atom is -0.179 e. The third-order valence-electron chi connectivity index (χ3n) is 1.06. The summed E-state index contributed by atoms with van der Waals surface area (Å²) in [5.74, 6) is 0. The lowest BCUT2D eigenvalue weighted by Crippen LogP contribution is -1.98. The molecule has 10 heavy (non-hydrogen) atoms. The van der Waals surface area contributed by atoms with Crippen LogP contribution in [0.3, 0.4) is 0 Å². The second-order valence-corrected chi connectivity index (χ2v) is 2.28. The molecule has 0 fully saturated rings. The largest absolute Gasteiger partial charge is 0.179 e. The van der Waals surface area contributed by atoms with E-state index in [4.69, 9.17) is 11.6 Å². The highest BCUT2D eigenvalue weighted by Gasteiger charge is 2.00. The molecule has 1 aromatic heterocycles. The van der Waals surface area contributed by atoms with Gasteiger partial charge in [-0.25, -0.2) is 0 Å². The first-order chi connectivity index (χ1) is 4.74. The number of aromatic nitrogens is 3. The van der Waals surface area contributed by atoms with Crippen molar-refractivity contribution in [1.29, 1.82) is 0 Å². The van der Waals surface area contributed by atoms with E-state index < -0.39 is 0 Å². The van der Waals surface area contributed by atoms with E-state index >= 15 is 0 Å². The fourth-order valence-electron chi connectivity index (χ4n) is 0.608. The first kappa shape index (κ1) is 7.28. The normalized spacial score (nSPS) is 9.80. The van der Waals surface area contributed by atoms with Crippen LogP contribution in [0, 0.1) is 6.92 Å². The Bertz CT molecular complexity index is 222. The van der Waals surface area contributed by atoms with Crippen LogP contribution in [-0.2, 0) is 6.54 Å². The van der Waals surface area contributed by atoms with Crippen molar-refractivity contribution in [1.82, 2.24) is 15.0 Å². The highest BCUT2D eigenvalue weighted by Crippen LogP contribution is 2.06. The molecule has 1 aromatic rings. The van der Waals surface area contributed by atoms with E-state index in [0.717, 1.165) is 5.69 Å². The van der Waals surface area contributed by atoms with Crippen molar-refractivity contribution in [3.8, 4) is 0 Å². The van der Waals surface area contributed by atoms with Gasteiger partial charge in [-0.2, -0.15) is 9.90 Å². The standard InChI is InChI=1S/C6H8ClN3/c1-3-4-10-8-5(2)6(7)9-10/h3H,1,4H2,2H3. The maximum Gasteiger partial charge on any atom is 0.174 e. The summed E-state index contributed by atoms with van der Waals surface area (Å²) in [7, 11) is 0. The van der Waals surface area contributed by atoms with Crippen LogP contribution >= 0.6 is 11.6 Å². The molecule has 3 nitrogen and oxygen atoms in total. The van der Waals surface area contributed by atoms with Crippen molar-refractivity contribution in [2.24, 2.45) is 0 Å². The van der Waals surface area contributed by atoms with Gasteiger partial charge in [0.05, 0.1) is 12.2 Å². The van der Waals surface area contributed by atoms with Crippen LogP contribution in [0.4, 0.5) is 0 Å². The molecule has 0 spiro atoms. The second-order valence-electron chi connectivity index (χ2n) is 1.92.